The van der Waals surface area contributed by atoms with E-state index in [0.29, 0.717) is 13.0 Å². The van der Waals surface area contributed by atoms with E-state index in [0.717, 1.165) is 28.8 Å². The standard InChI is InChI=1S/C20H25FN2O2/c21-10-1-11-23-13-15-2-4-16(5-3-15)17-6-8-18(9-7-17)19(14-24)12-20(22)25/h2-9,19,23-24H,1,10-14H2,(H2,22,25). The molecule has 0 saturated heterocycles. The first-order valence-corrected chi connectivity index (χ1v) is 8.49. The lowest BCUT2D eigenvalue weighted by Crippen LogP contribution is -2.17. The minimum absolute atomic E-state index is 0.105. The largest absolute Gasteiger partial charge is 0.396 e. The second-order valence-electron chi connectivity index (χ2n) is 6.09. The Labute approximate surface area is 147 Å². The maximum atomic E-state index is 12.0. The average molecular weight is 344 g/mol. The molecule has 0 spiro atoms. The fraction of sp³-hybridized carbons (Fsp3) is 0.350. The number of halogens is 1. The van der Waals surface area contributed by atoms with Gasteiger partial charge in [-0.1, -0.05) is 48.5 Å². The van der Waals surface area contributed by atoms with Crippen LogP contribution in [0.1, 0.15) is 29.9 Å². The first-order valence-electron chi connectivity index (χ1n) is 8.49. The molecule has 0 heterocycles. The highest BCUT2D eigenvalue weighted by atomic mass is 19.1. The molecule has 0 aromatic heterocycles. The summed E-state index contributed by atoms with van der Waals surface area (Å²) < 4.78 is 12.0. The highest BCUT2D eigenvalue weighted by Crippen LogP contribution is 2.24. The molecule has 0 aliphatic carbocycles. The van der Waals surface area contributed by atoms with Crippen LogP contribution in [0, 0.1) is 0 Å². The van der Waals surface area contributed by atoms with Gasteiger partial charge < -0.3 is 16.2 Å². The van der Waals surface area contributed by atoms with E-state index in [4.69, 9.17) is 5.73 Å². The van der Waals surface area contributed by atoms with Crippen LogP contribution in [0.15, 0.2) is 48.5 Å². The van der Waals surface area contributed by atoms with Gasteiger partial charge in [-0.3, -0.25) is 9.18 Å². The Kier molecular flexibility index (Phi) is 7.57. The number of nitrogens with one attached hydrogen (secondary N) is 1. The van der Waals surface area contributed by atoms with Crippen LogP contribution in [0.2, 0.25) is 0 Å². The van der Waals surface area contributed by atoms with Crippen LogP contribution in [0.25, 0.3) is 11.1 Å². The number of carbonyl (C=O) groups is 1. The van der Waals surface area contributed by atoms with Crippen LogP contribution in [-0.2, 0) is 11.3 Å². The predicted molar refractivity (Wildman–Crippen MR) is 97.8 cm³/mol. The van der Waals surface area contributed by atoms with Crippen molar-refractivity contribution >= 4 is 5.91 Å². The number of amides is 1. The zero-order chi connectivity index (χ0) is 18.1. The molecule has 0 radical (unpaired) electrons. The van der Waals surface area contributed by atoms with Crippen molar-refractivity contribution in [3.05, 3.63) is 59.7 Å². The molecular formula is C20H25FN2O2. The van der Waals surface area contributed by atoms with Gasteiger partial charge in [-0.25, -0.2) is 0 Å². The molecule has 2 aromatic carbocycles. The number of primary amides is 1. The van der Waals surface area contributed by atoms with Gasteiger partial charge in [0.1, 0.15) is 0 Å². The van der Waals surface area contributed by atoms with Crippen molar-refractivity contribution < 1.29 is 14.3 Å². The second-order valence-corrected chi connectivity index (χ2v) is 6.09. The van der Waals surface area contributed by atoms with Gasteiger partial charge in [0.05, 0.1) is 13.3 Å². The second kappa shape index (κ2) is 9.91. The molecule has 2 aromatic rings. The third-order valence-electron chi connectivity index (χ3n) is 4.15. The summed E-state index contributed by atoms with van der Waals surface area (Å²) in [6, 6.07) is 16.0. The Bertz CT molecular complexity index is 656. The van der Waals surface area contributed by atoms with E-state index >= 15 is 0 Å². The fourth-order valence-electron chi connectivity index (χ4n) is 2.72. The van der Waals surface area contributed by atoms with Crippen LogP contribution in [-0.4, -0.2) is 30.8 Å². The van der Waals surface area contributed by atoms with E-state index in [2.05, 4.69) is 17.4 Å². The lowest BCUT2D eigenvalue weighted by Gasteiger charge is -2.13. The molecule has 5 heteroatoms. The fourth-order valence-corrected chi connectivity index (χ4v) is 2.72. The molecule has 1 amide bonds. The summed E-state index contributed by atoms with van der Waals surface area (Å²) in [6.45, 7) is 1.01. The van der Waals surface area contributed by atoms with Crippen LogP contribution >= 0.6 is 0 Å². The molecule has 1 atom stereocenters. The highest BCUT2D eigenvalue weighted by Gasteiger charge is 2.13. The lowest BCUT2D eigenvalue weighted by molar-refractivity contribution is -0.118. The molecule has 0 aliphatic rings. The number of carbonyl (C=O) groups excluding carboxylic acids is 1. The van der Waals surface area contributed by atoms with E-state index in [-0.39, 0.29) is 25.6 Å². The normalized spacial score (nSPS) is 12.1. The van der Waals surface area contributed by atoms with Crippen LogP contribution in [0.4, 0.5) is 4.39 Å². The van der Waals surface area contributed by atoms with Gasteiger partial charge in [0, 0.05) is 18.9 Å². The molecule has 2 rings (SSSR count). The first-order chi connectivity index (χ1) is 12.1. The number of aliphatic hydroxyl groups is 1. The van der Waals surface area contributed by atoms with Gasteiger partial charge in [0.15, 0.2) is 0 Å². The van der Waals surface area contributed by atoms with Crippen LogP contribution < -0.4 is 11.1 Å². The SMILES string of the molecule is NC(=O)CC(CO)c1ccc(-c2ccc(CNCCCF)cc2)cc1. The van der Waals surface area contributed by atoms with E-state index in [1.807, 2.05) is 36.4 Å². The summed E-state index contributed by atoms with van der Waals surface area (Å²) >= 11 is 0. The number of nitrogens with two attached hydrogens (primary N) is 1. The monoisotopic (exact) mass is 344 g/mol. The van der Waals surface area contributed by atoms with Gasteiger partial charge in [-0.2, -0.15) is 0 Å². The number of hydrogen-bond acceptors (Lipinski definition) is 3. The average Bonchev–Trinajstić information content (AvgIpc) is 2.64. The molecular weight excluding hydrogens is 319 g/mol. The predicted octanol–water partition coefficient (Wildman–Crippen LogP) is 2.75. The Hall–Kier alpha value is -2.24. The maximum absolute atomic E-state index is 12.0. The molecule has 25 heavy (non-hydrogen) atoms. The van der Waals surface area contributed by atoms with Crippen molar-refractivity contribution in [2.24, 2.45) is 5.73 Å². The zero-order valence-electron chi connectivity index (χ0n) is 14.2. The zero-order valence-corrected chi connectivity index (χ0v) is 14.2. The number of aliphatic hydroxyl groups excluding tert-OH is 1. The minimum Gasteiger partial charge on any atom is -0.396 e. The Morgan fingerprint density at radius 1 is 1.08 bits per heavy atom. The van der Waals surface area contributed by atoms with Crippen LogP contribution in [0.5, 0.6) is 0 Å². The van der Waals surface area contributed by atoms with E-state index < -0.39 is 5.91 Å². The number of hydrogen-bond donors (Lipinski definition) is 3. The number of alkyl halides is 1. The quantitative estimate of drug-likeness (QED) is 0.580. The summed E-state index contributed by atoms with van der Waals surface area (Å²) in [6.07, 6.45) is 0.676. The number of rotatable bonds is 10. The Morgan fingerprint density at radius 3 is 2.20 bits per heavy atom. The summed E-state index contributed by atoms with van der Waals surface area (Å²) in [7, 11) is 0. The number of benzene rings is 2. The van der Waals surface area contributed by atoms with Gasteiger partial charge >= 0.3 is 0 Å². The maximum Gasteiger partial charge on any atom is 0.218 e. The topological polar surface area (TPSA) is 75.4 Å². The van der Waals surface area contributed by atoms with Gasteiger partial charge in [-0.15, -0.1) is 0 Å². The third-order valence-corrected chi connectivity index (χ3v) is 4.15. The Balaban J connectivity index is 2.00. The van der Waals surface area contributed by atoms with Gasteiger partial charge in [-0.05, 0) is 35.2 Å². The van der Waals surface area contributed by atoms with E-state index in [9.17, 15) is 14.3 Å². The molecule has 0 fully saturated rings. The third kappa shape index (κ3) is 5.96. The highest BCUT2D eigenvalue weighted by molar-refractivity contribution is 5.75. The van der Waals surface area contributed by atoms with Crippen molar-refractivity contribution in [2.45, 2.75) is 25.3 Å². The summed E-state index contributed by atoms with van der Waals surface area (Å²) in [5.74, 6) is -0.678. The van der Waals surface area contributed by atoms with Crippen molar-refractivity contribution in [1.82, 2.24) is 5.32 Å². The Morgan fingerprint density at radius 2 is 1.68 bits per heavy atom. The molecule has 1 unspecified atom stereocenters. The van der Waals surface area contributed by atoms with E-state index in [1.165, 1.54) is 0 Å². The molecule has 134 valence electrons. The van der Waals surface area contributed by atoms with Crippen molar-refractivity contribution in [3.8, 4) is 11.1 Å². The minimum atomic E-state index is -0.418. The first kappa shape index (κ1) is 19.1. The van der Waals surface area contributed by atoms with Gasteiger partial charge in [0.25, 0.3) is 0 Å². The van der Waals surface area contributed by atoms with E-state index in [1.54, 1.807) is 0 Å². The molecule has 0 aliphatic heterocycles. The van der Waals surface area contributed by atoms with Crippen molar-refractivity contribution in [3.63, 3.8) is 0 Å². The summed E-state index contributed by atoms with van der Waals surface area (Å²) in [5, 5.41) is 12.6. The van der Waals surface area contributed by atoms with Crippen LogP contribution in [0.3, 0.4) is 0 Å². The van der Waals surface area contributed by atoms with Crippen molar-refractivity contribution in [2.75, 3.05) is 19.8 Å². The summed E-state index contributed by atoms with van der Waals surface area (Å²) in [4.78, 5) is 11.1. The van der Waals surface area contributed by atoms with Crippen molar-refractivity contribution in [1.29, 1.82) is 0 Å². The molecule has 4 N–H and O–H groups in total. The molecule has 0 saturated carbocycles. The molecule has 4 nitrogen and oxygen atoms in total. The molecule has 0 bridgehead atoms. The lowest BCUT2D eigenvalue weighted by atomic mass is 9.94. The smallest absolute Gasteiger partial charge is 0.218 e. The summed E-state index contributed by atoms with van der Waals surface area (Å²) in [5.41, 5.74) is 9.43. The van der Waals surface area contributed by atoms with Gasteiger partial charge in [0.2, 0.25) is 5.91 Å².